The first kappa shape index (κ1) is 17.9. The van der Waals surface area contributed by atoms with E-state index in [1.165, 1.54) is 34.8 Å². The molecule has 0 aliphatic rings. The van der Waals surface area contributed by atoms with E-state index in [2.05, 4.69) is 0 Å². The predicted molar refractivity (Wildman–Crippen MR) is 95.0 cm³/mol. The van der Waals surface area contributed by atoms with E-state index in [1.54, 1.807) is 12.1 Å². The fraction of sp³-hybridized carbons (Fsp3) is 0.105. The lowest BCUT2D eigenvalue weighted by atomic mass is 10.2. The molecule has 1 aromatic heterocycles. The molecule has 3 aromatic rings. The summed E-state index contributed by atoms with van der Waals surface area (Å²) in [6, 6.07) is 17.8. The summed E-state index contributed by atoms with van der Waals surface area (Å²) in [7, 11) is -3.84. The summed E-state index contributed by atoms with van der Waals surface area (Å²) in [4.78, 5) is 11.0. The van der Waals surface area contributed by atoms with Crippen molar-refractivity contribution >= 4 is 16.0 Å². The van der Waals surface area contributed by atoms with Crippen LogP contribution >= 0.6 is 0 Å². The molecule has 0 radical (unpaired) electrons. The van der Waals surface area contributed by atoms with Crippen molar-refractivity contribution in [1.29, 1.82) is 0 Å². The van der Waals surface area contributed by atoms with E-state index in [-0.39, 0.29) is 23.5 Å². The van der Waals surface area contributed by atoms with Crippen LogP contribution in [0.4, 0.5) is 0 Å². The van der Waals surface area contributed by atoms with Crippen molar-refractivity contribution in [2.45, 2.75) is 18.0 Å². The summed E-state index contributed by atoms with van der Waals surface area (Å²) in [5.74, 6) is -0.586. The molecule has 0 atom stereocenters. The fourth-order valence-corrected chi connectivity index (χ4v) is 3.90. The van der Waals surface area contributed by atoms with Gasteiger partial charge in [-0.15, -0.1) is 0 Å². The van der Waals surface area contributed by atoms with Crippen LogP contribution in [-0.4, -0.2) is 23.8 Å². The molecular formula is C19H17NO5S. The second-order valence-electron chi connectivity index (χ2n) is 5.67. The lowest BCUT2D eigenvalue weighted by molar-refractivity contribution is 0.0696. The Morgan fingerprint density at radius 2 is 1.62 bits per heavy atom. The molecule has 26 heavy (non-hydrogen) atoms. The monoisotopic (exact) mass is 371 g/mol. The van der Waals surface area contributed by atoms with Crippen LogP contribution in [0.25, 0.3) is 0 Å². The van der Waals surface area contributed by atoms with Crippen LogP contribution in [0, 0.1) is 0 Å². The maximum absolute atomic E-state index is 13.1. The molecule has 0 saturated carbocycles. The van der Waals surface area contributed by atoms with Gasteiger partial charge in [0.25, 0.3) is 0 Å². The third-order valence-electron chi connectivity index (χ3n) is 3.85. The first-order valence-electron chi connectivity index (χ1n) is 7.86. The minimum atomic E-state index is -3.84. The highest BCUT2D eigenvalue weighted by atomic mass is 32.2. The number of benzene rings is 2. The molecule has 1 heterocycles. The first-order valence-corrected chi connectivity index (χ1v) is 9.30. The highest BCUT2D eigenvalue weighted by Gasteiger charge is 2.26. The summed E-state index contributed by atoms with van der Waals surface area (Å²) in [5.41, 5.74) is 0.870. The van der Waals surface area contributed by atoms with Crippen molar-refractivity contribution in [2.75, 3.05) is 0 Å². The quantitative estimate of drug-likeness (QED) is 0.688. The number of sulfonamides is 1. The zero-order valence-corrected chi connectivity index (χ0v) is 14.6. The number of nitrogens with zero attached hydrogens (tertiary/aromatic N) is 1. The molecule has 0 aliphatic heterocycles. The van der Waals surface area contributed by atoms with Crippen LogP contribution in [0.15, 0.2) is 82.3 Å². The van der Waals surface area contributed by atoms with E-state index in [0.717, 1.165) is 5.56 Å². The number of hydrogen-bond acceptors (Lipinski definition) is 4. The van der Waals surface area contributed by atoms with Gasteiger partial charge in [-0.05, 0) is 42.0 Å². The molecule has 0 spiro atoms. The molecule has 1 N–H and O–H groups in total. The van der Waals surface area contributed by atoms with Gasteiger partial charge in [0.15, 0.2) is 0 Å². The van der Waals surface area contributed by atoms with E-state index in [4.69, 9.17) is 9.52 Å². The lowest BCUT2D eigenvalue weighted by Crippen LogP contribution is -2.30. The van der Waals surface area contributed by atoms with Crippen LogP contribution in [0.3, 0.4) is 0 Å². The second kappa shape index (κ2) is 7.55. The normalized spacial score (nSPS) is 11.6. The van der Waals surface area contributed by atoms with Gasteiger partial charge < -0.3 is 9.52 Å². The van der Waals surface area contributed by atoms with Crippen molar-refractivity contribution in [3.05, 3.63) is 89.9 Å². The average Bonchev–Trinajstić information content (AvgIpc) is 3.15. The third-order valence-corrected chi connectivity index (χ3v) is 5.66. The number of furan rings is 1. The molecular weight excluding hydrogens is 354 g/mol. The molecule has 0 fully saturated rings. The summed E-state index contributed by atoms with van der Waals surface area (Å²) >= 11 is 0. The van der Waals surface area contributed by atoms with Gasteiger partial charge in [0, 0.05) is 6.54 Å². The summed E-state index contributed by atoms with van der Waals surface area (Å²) in [6.07, 6.45) is 1.49. The van der Waals surface area contributed by atoms with Crippen LogP contribution in [0.5, 0.6) is 0 Å². The summed E-state index contributed by atoms with van der Waals surface area (Å²) in [6.45, 7) is 0.246. The number of carboxylic acids is 1. The van der Waals surface area contributed by atoms with Crippen molar-refractivity contribution < 1.29 is 22.7 Å². The molecule has 7 heteroatoms. The Kier molecular flexibility index (Phi) is 5.20. The summed E-state index contributed by atoms with van der Waals surface area (Å²) < 4.78 is 32.8. The van der Waals surface area contributed by atoms with Crippen LogP contribution < -0.4 is 0 Å². The minimum absolute atomic E-state index is 0.0320. The van der Waals surface area contributed by atoms with E-state index in [9.17, 15) is 13.2 Å². The smallest absolute Gasteiger partial charge is 0.335 e. The van der Waals surface area contributed by atoms with Gasteiger partial charge in [-0.1, -0.05) is 30.3 Å². The molecule has 0 bridgehead atoms. The van der Waals surface area contributed by atoms with Crippen LogP contribution in [0.1, 0.15) is 21.7 Å². The number of carbonyl (C=O) groups is 1. The van der Waals surface area contributed by atoms with Gasteiger partial charge >= 0.3 is 5.97 Å². The molecule has 0 amide bonds. The zero-order valence-electron chi connectivity index (χ0n) is 13.8. The predicted octanol–water partition coefficient (Wildman–Crippen LogP) is 3.37. The Bertz CT molecular complexity index is 965. The Hall–Kier alpha value is -2.90. The number of rotatable bonds is 7. The molecule has 3 rings (SSSR count). The average molecular weight is 371 g/mol. The molecule has 6 nitrogen and oxygen atoms in total. The van der Waals surface area contributed by atoms with E-state index in [0.29, 0.717) is 5.76 Å². The number of carboxylic acid groups (broad SMARTS) is 1. The van der Waals surface area contributed by atoms with E-state index < -0.39 is 16.0 Å². The standard InChI is InChI=1S/C19H17NO5S/c21-19(22)16-8-10-18(11-9-16)26(23,24)20(14-17-7-4-12-25-17)13-15-5-2-1-3-6-15/h1-12H,13-14H2,(H,21,22). The minimum Gasteiger partial charge on any atom is -0.478 e. The van der Waals surface area contributed by atoms with Crippen LogP contribution in [-0.2, 0) is 23.1 Å². The number of aromatic carboxylic acids is 1. The van der Waals surface area contributed by atoms with Crippen molar-refractivity contribution in [1.82, 2.24) is 4.31 Å². The van der Waals surface area contributed by atoms with Gasteiger partial charge in [0.05, 0.1) is 23.3 Å². The first-order chi connectivity index (χ1) is 12.5. The highest BCUT2D eigenvalue weighted by molar-refractivity contribution is 7.89. The van der Waals surface area contributed by atoms with Gasteiger partial charge in [-0.2, -0.15) is 4.31 Å². The summed E-state index contributed by atoms with van der Waals surface area (Å²) in [5, 5.41) is 8.98. The molecule has 2 aromatic carbocycles. The fourth-order valence-electron chi connectivity index (χ4n) is 2.51. The maximum atomic E-state index is 13.1. The second-order valence-corrected chi connectivity index (χ2v) is 7.61. The Morgan fingerprint density at radius 3 is 2.19 bits per heavy atom. The Balaban J connectivity index is 1.94. The van der Waals surface area contributed by atoms with Gasteiger partial charge in [0.1, 0.15) is 5.76 Å². The number of hydrogen-bond donors (Lipinski definition) is 1. The zero-order chi connectivity index (χ0) is 18.6. The highest BCUT2D eigenvalue weighted by Crippen LogP contribution is 2.22. The molecule has 0 aliphatic carbocycles. The maximum Gasteiger partial charge on any atom is 0.335 e. The van der Waals surface area contributed by atoms with Crippen molar-refractivity contribution in [3.63, 3.8) is 0 Å². The van der Waals surface area contributed by atoms with E-state index >= 15 is 0 Å². The molecule has 0 unspecified atom stereocenters. The Morgan fingerprint density at radius 1 is 0.923 bits per heavy atom. The SMILES string of the molecule is O=C(O)c1ccc(S(=O)(=O)N(Cc2ccccc2)Cc2ccco2)cc1. The van der Waals surface area contributed by atoms with Crippen LogP contribution in [0.2, 0.25) is 0 Å². The van der Waals surface area contributed by atoms with E-state index in [1.807, 2.05) is 30.3 Å². The largest absolute Gasteiger partial charge is 0.478 e. The Labute approximate surface area is 151 Å². The van der Waals surface area contributed by atoms with Crippen molar-refractivity contribution in [2.24, 2.45) is 0 Å². The third kappa shape index (κ3) is 4.01. The van der Waals surface area contributed by atoms with Crippen molar-refractivity contribution in [3.8, 4) is 0 Å². The molecule has 0 saturated heterocycles. The van der Waals surface area contributed by atoms with Gasteiger partial charge in [-0.3, -0.25) is 0 Å². The molecule has 134 valence electrons. The van der Waals surface area contributed by atoms with Gasteiger partial charge in [-0.25, -0.2) is 13.2 Å². The topological polar surface area (TPSA) is 87.8 Å². The lowest BCUT2D eigenvalue weighted by Gasteiger charge is -2.21. The van der Waals surface area contributed by atoms with Gasteiger partial charge in [0.2, 0.25) is 10.0 Å².